The molecule has 0 bridgehead atoms. The lowest BCUT2D eigenvalue weighted by atomic mass is 10.0. The van der Waals surface area contributed by atoms with Crippen LogP contribution >= 0.6 is 0 Å². The second-order valence-corrected chi connectivity index (χ2v) is 33.1. The van der Waals surface area contributed by atoms with Crippen LogP contribution in [0.3, 0.4) is 0 Å². The van der Waals surface area contributed by atoms with Crippen LogP contribution in [0.25, 0.3) is 43.6 Å². The number of rotatable bonds is 43. The second-order valence-electron chi connectivity index (χ2n) is 33.1. The van der Waals surface area contributed by atoms with Gasteiger partial charge in [-0.25, -0.2) is 21.1 Å². The van der Waals surface area contributed by atoms with Gasteiger partial charge in [-0.2, -0.15) is 0 Å². The van der Waals surface area contributed by atoms with E-state index in [9.17, 15) is 62.7 Å². The first-order valence-corrected chi connectivity index (χ1v) is 46.0. The molecular formula is C110H112N12O20. The standard InChI is InChI=1S/C29H29N3O5.2C28H27N3O5.C25H29N3O5/c1-3-22-27(28(34)29(30)35)26-23(32(22)17-20-11-6-4-7-12-20)15-10-16-24(26)36-19-25(33)31(2)37-18-21-13-8-5-9-14-21;1-2-21-26(27(33)28(29)34)25-22(31(21)16-19-10-5-3-6-11-19)14-9-15-23(25)35-18-24(32)30-36-17-20-12-7-4-8-13-20;1-2-21-26(27(33)28(29)34)25-22(30(21)16-19-10-5-3-6-11-19)14-9-15-23(25)36-18-24(32)31(35)17-20-12-7-4-8-13-20;1-4-18-23(24(30)25(26)31)22-19(28(18)13-17-9-6-5-7-10-17)11-8-12-20(22)32-15-21(29)27-33-14-16(2)3/h4-16H,3,17-19H2,1-2H3,(H2,30,35);3-15H,2,16-18H2,1H3,(H2,29,34)(H,30,32);3-15,35H,2,16-18H2,1H3,(H2,29,34);5-12,16H,4,13-15H2,1-3H3,(H2,26,31)(H,27,29). The first-order valence-electron chi connectivity index (χ1n) is 46.0. The molecule has 0 saturated carbocycles. The van der Waals surface area contributed by atoms with Gasteiger partial charge < -0.3 is 60.2 Å². The molecule has 0 radical (unpaired) electrons. The zero-order chi connectivity index (χ0) is 101. The molecule has 4 aromatic heterocycles. The molecule has 11 N–H and O–H groups in total. The molecule has 142 heavy (non-hydrogen) atoms. The fourth-order valence-corrected chi connectivity index (χ4v) is 16.4. The number of nitrogens with one attached hydrogen (secondary N) is 2. The summed E-state index contributed by atoms with van der Waals surface area (Å²) in [6, 6.07) is 88.2. The maximum absolute atomic E-state index is 13.0. The van der Waals surface area contributed by atoms with E-state index in [4.69, 9.17) is 56.4 Å². The number of ether oxygens (including phenoxy) is 4. The highest BCUT2D eigenvalue weighted by molar-refractivity contribution is 6.47. The van der Waals surface area contributed by atoms with Crippen molar-refractivity contribution >= 4 is 114 Å². The maximum atomic E-state index is 13.0. The van der Waals surface area contributed by atoms with Crippen LogP contribution in [0, 0.1) is 5.92 Å². The lowest BCUT2D eigenvalue weighted by Gasteiger charge is -2.17. The number of hydrogen-bond acceptors (Lipinski definition) is 20. The van der Waals surface area contributed by atoms with Crippen LogP contribution in [0.15, 0.2) is 285 Å². The quantitative estimate of drug-likeness (QED) is 0.00807. The minimum Gasteiger partial charge on any atom is -0.483 e. The fourth-order valence-electron chi connectivity index (χ4n) is 16.4. The third kappa shape index (κ3) is 26.3. The Kier molecular flexibility index (Phi) is 36.9. The molecule has 15 aromatic rings. The number of likely N-dealkylation sites (N-methyl/N-ethyl adjacent to an activating group) is 1. The molecule has 4 heterocycles. The summed E-state index contributed by atoms with van der Waals surface area (Å²) in [5, 5.41) is 13.7. The van der Waals surface area contributed by atoms with Crippen molar-refractivity contribution in [1.82, 2.24) is 39.4 Å². The maximum Gasteiger partial charge on any atom is 0.289 e. The molecule has 0 saturated heterocycles. The fraction of sp³-hybridized carbons (Fsp3) is 0.218. The lowest BCUT2D eigenvalue weighted by Crippen LogP contribution is -2.31. The number of hydrogen-bond donors (Lipinski definition) is 7. The van der Waals surface area contributed by atoms with E-state index in [1.165, 1.54) is 7.05 Å². The van der Waals surface area contributed by atoms with Crippen molar-refractivity contribution in [1.29, 1.82) is 0 Å². The SMILES string of the molecule is CCc1c(C(=O)C(N)=O)c2c(OCC(=O)N(C)OCc3ccccc3)cccc2n1Cc1ccccc1.CCc1c(C(=O)C(N)=O)c2c(OCC(=O)N(O)Cc3ccccc3)cccc2n1Cc1ccccc1.CCc1c(C(=O)C(N)=O)c2c(OCC(=O)NOCC(C)C)cccc2n1Cc1ccccc1.CCc1c(C(=O)C(N)=O)c2c(OCC(=O)NOCc3ccccc3)cccc2n1Cc1ccccc1. The Morgan fingerprint density at radius 3 is 0.845 bits per heavy atom. The summed E-state index contributed by atoms with van der Waals surface area (Å²) in [6.07, 6.45) is 1.95. The van der Waals surface area contributed by atoms with Crippen LogP contribution in [0.2, 0.25) is 0 Å². The molecule has 8 amide bonds. The Labute approximate surface area is 819 Å². The van der Waals surface area contributed by atoms with E-state index in [0.717, 1.165) is 44.0 Å². The van der Waals surface area contributed by atoms with Gasteiger partial charge in [-0.05, 0) is 119 Å². The molecular weight excluding hydrogens is 1810 g/mol. The Morgan fingerprint density at radius 1 is 0.317 bits per heavy atom. The van der Waals surface area contributed by atoms with Crippen LogP contribution in [0.4, 0.5) is 0 Å². The number of carbonyl (C=O) groups is 12. The number of fused-ring (bicyclic) bond motifs is 4. The van der Waals surface area contributed by atoms with Crippen molar-refractivity contribution in [2.75, 3.05) is 40.1 Å². The van der Waals surface area contributed by atoms with E-state index in [0.29, 0.717) is 147 Å². The average Bonchev–Trinajstić information content (AvgIpc) is 1.61. The van der Waals surface area contributed by atoms with E-state index in [2.05, 4.69) is 11.0 Å². The predicted molar refractivity (Wildman–Crippen MR) is 535 cm³/mol. The molecule has 11 aromatic carbocycles. The molecule has 0 aliphatic heterocycles. The van der Waals surface area contributed by atoms with Crippen LogP contribution in [0.1, 0.15) is 145 Å². The molecule has 0 aliphatic carbocycles. The smallest absolute Gasteiger partial charge is 0.289 e. The molecule has 0 spiro atoms. The first kappa shape index (κ1) is 104. The Bertz CT molecular complexity index is 7010. The highest BCUT2D eigenvalue weighted by atomic mass is 16.7. The van der Waals surface area contributed by atoms with Crippen LogP contribution in [0.5, 0.6) is 23.0 Å². The van der Waals surface area contributed by atoms with Gasteiger partial charge in [0.15, 0.2) is 26.4 Å². The van der Waals surface area contributed by atoms with Crippen molar-refractivity contribution in [3.05, 3.63) is 369 Å². The number of Topliss-reactive ketones (excluding diaryl/α,β-unsaturated/α-hetero) is 4. The third-order valence-corrected chi connectivity index (χ3v) is 22.9. The number of hydroxylamine groups is 6. The molecule has 0 aliphatic rings. The number of carbonyl (C=O) groups excluding carboxylic acids is 12. The summed E-state index contributed by atoms with van der Waals surface area (Å²) in [5.74, 6) is -7.98. The minimum atomic E-state index is -1.07. The molecule has 732 valence electrons. The Balaban J connectivity index is 0.000000169. The van der Waals surface area contributed by atoms with Gasteiger partial charge in [0.1, 0.15) is 29.6 Å². The second kappa shape index (κ2) is 50.4. The van der Waals surface area contributed by atoms with Gasteiger partial charge in [0.25, 0.3) is 70.4 Å². The number of primary amides is 4. The van der Waals surface area contributed by atoms with Gasteiger partial charge in [0.05, 0.1) is 85.6 Å². The van der Waals surface area contributed by atoms with Crippen molar-refractivity contribution in [2.45, 2.75) is 113 Å². The van der Waals surface area contributed by atoms with Gasteiger partial charge in [-0.15, -0.1) is 0 Å². The van der Waals surface area contributed by atoms with E-state index < -0.39 is 77.0 Å². The topological polar surface area (TPSA) is 444 Å². The van der Waals surface area contributed by atoms with E-state index >= 15 is 0 Å². The summed E-state index contributed by atoms with van der Waals surface area (Å²) in [4.78, 5) is 165. The first-order chi connectivity index (χ1) is 68.6. The molecule has 32 nitrogen and oxygen atoms in total. The van der Waals surface area contributed by atoms with E-state index in [1.54, 1.807) is 60.7 Å². The number of aromatic nitrogens is 4. The minimum absolute atomic E-state index is 0.00603. The number of ketones is 4. The normalized spacial score (nSPS) is 10.9. The lowest BCUT2D eigenvalue weighted by molar-refractivity contribution is -0.184. The van der Waals surface area contributed by atoms with Crippen LogP contribution < -0.4 is 52.8 Å². The van der Waals surface area contributed by atoms with E-state index in [1.807, 2.05) is 284 Å². The summed E-state index contributed by atoms with van der Waals surface area (Å²) < 4.78 is 31.2. The average molecular weight is 1920 g/mol. The Hall–Kier alpha value is -16.9. The van der Waals surface area contributed by atoms with Crippen molar-refractivity contribution in [3.63, 3.8) is 0 Å². The summed E-state index contributed by atoms with van der Waals surface area (Å²) in [5.41, 5.74) is 39.3. The summed E-state index contributed by atoms with van der Waals surface area (Å²) >= 11 is 0. The third-order valence-electron chi connectivity index (χ3n) is 22.9. The van der Waals surface area contributed by atoms with Crippen LogP contribution in [-0.4, -0.2) is 144 Å². The number of benzene rings is 11. The van der Waals surface area contributed by atoms with Gasteiger partial charge in [0.2, 0.25) is 0 Å². The molecule has 32 heteroatoms. The number of amides is 8. The zero-order valence-electron chi connectivity index (χ0n) is 79.7. The highest BCUT2D eigenvalue weighted by Gasteiger charge is 2.34. The molecule has 0 unspecified atom stereocenters. The monoisotopic (exact) mass is 1920 g/mol. The largest absolute Gasteiger partial charge is 0.483 e. The van der Waals surface area contributed by atoms with Gasteiger partial charge in [0, 0.05) is 56.0 Å². The van der Waals surface area contributed by atoms with Crippen molar-refractivity contribution in [3.8, 4) is 23.0 Å². The summed E-state index contributed by atoms with van der Waals surface area (Å²) in [7, 11) is 1.52. The van der Waals surface area contributed by atoms with E-state index in [-0.39, 0.29) is 73.5 Å². The zero-order valence-corrected chi connectivity index (χ0v) is 79.7. The summed E-state index contributed by atoms with van der Waals surface area (Å²) in [6.45, 7) is 12.9. The van der Waals surface area contributed by atoms with Crippen molar-refractivity contribution < 1.29 is 96.2 Å². The highest BCUT2D eigenvalue weighted by Crippen LogP contribution is 2.41. The van der Waals surface area contributed by atoms with Gasteiger partial charge >= 0.3 is 0 Å². The van der Waals surface area contributed by atoms with Gasteiger partial charge in [-0.3, -0.25) is 77.3 Å². The van der Waals surface area contributed by atoms with Crippen molar-refractivity contribution in [2.24, 2.45) is 28.9 Å². The number of nitrogens with zero attached hydrogens (tertiary/aromatic N) is 6. The molecule has 0 fully saturated rings. The van der Waals surface area contributed by atoms with Gasteiger partial charge in [-0.1, -0.05) is 278 Å². The number of nitrogens with two attached hydrogens (primary N) is 4. The van der Waals surface area contributed by atoms with Crippen LogP contribution in [-0.2, 0) is 124 Å². The molecule has 0 atom stereocenters. The Morgan fingerprint density at radius 2 is 0.570 bits per heavy atom. The predicted octanol–water partition coefficient (Wildman–Crippen LogP) is 14.2. The molecule has 15 rings (SSSR count).